The van der Waals surface area contributed by atoms with Crippen LogP contribution < -0.4 is 0 Å². The molecule has 0 atom stereocenters. The molecule has 0 fully saturated rings. The first-order valence-electron chi connectivity index (χ1n) is 7.86. The number of allylic oxidation sites excluding steroid dienone is 1. The summed E-state index contributed by atoms with van der Waals surface area (Å²) in [4.78, 5) is 0. The molecular weight excluding hydrogens is 270 g/mol. The van der Waals surface area contributed by atoms with Crippen LogP contribution in [0.2, 0.25) is 0 Å². The average molecular weight is 291 g/mol. The van der Waals surface area contributed by atoms with E-state index in [0.29, 0.717) is 0 Å². The number of aryl methyl sites for hydroxylation is 2. The zero-order valence-electron chi connectivity index (χ0n) is 13.4. The van der Waals surface area contributed by atoms with E-state index in [1.807, 2.05) is 10.9 Å². The van der Waals surface area contributed by atoms with Gasteiger partial charge in [0.2, 0.25) is 0 Å². The summed E-state index contributed by atoms with van der Waals surface area (Å²) in [6, 6.07) is 10.8. The van der Waals surface area contributed by atoms with E-state index in [2.05, 4.69) is 73.6 Å². The molecule has 112 valence electrons. The molecular formula is C19H21N3. The Kier molecular flexibility index (Phi) is 4.05. The monoisotopic (exact) mass is 291 g/mol. The van der Waals surface area contributed by atoms with E-state index in [0.717, 1.165) is 18.7 Å². The summed E-state index contributed by atoms with van der Waals surface area (Å²) >= 11 is 0. The van der Waals surface area contributed by atoms with Crippen molar-refractivity contribution in [2.45, 2.75) is 33.7 Å². The van der Waals surface area contributed by atoms with Crippen molar-refractivity contribution in [2.75, 3.05) is 0 Å². The van der Waals surface area contributed by atoms with Gasteiger partial charge < -0.3 is 0 Å². The van der Waals surface area contributed by atoms with Crippen molar-refractivity contribution in [3.8, 4) is 11.3 Å². The predicted molar refractivity (Wildman–Crippen MR) is 92.7 cm³/mol. The largest absolute Gasteiger partial charge is 0.252 e. The second kappa shape index (κ2) is 6.14. The van der Waals surface area contributed by atoms with E-state index in [9.17, 15) is 0 Å². The zero-order chi connectivity index (χ0) is 15.5. The minimum atomic E-state index is 0.836. The molecule has 0 radical (unpaired) electrons. The van der Waals surface area contributed by atoms with Gasteiger partial charge in [0.05, 0.1) is 6.20 Å². The Hall–Kier alpha value is -2.42. The third kappa shape index (κ3) is 2.43. The van der Waals surface area contributed by atoms with E-state index in [1.165, 1.54) is 27.5 Å². The molecule has 3 rings (SSSR count). The van der Waals surface area contributed by atoms with Gasteiger partial charge in [0.15, 0.2) is 0 Å². The summed E-state index contributed by atoms with van der Waals surface area (Å²) < 4.78 is 1.87. The SMILES string of the molecule is C/C=C\c1c(CC)cc(-c2cn(CC)nn2)c2ccccc12. The van der Waals surface area contributed by atoms with Crippen LogP contribution in [0.3, 0.4) is 0 Å². The molecule has 1 heterocycles. The van der Waals surface area contributed by atoms with E-state index >= 15 is 0 Å². The molecule has 1 aromatic heterocycles. The lowest BCUT2D eigenvalue weighted by Crippen LogP contribution is -1.93. The second-order valence-corrected chi connectivity index (χ2v) is 5.36. The number of hydrogen-bond donors (Lipinski definition) is 0. The molecule has 0 saturated carbocycles. The third-order valence-electron chi connectivity index (χ3n) is 4.02. The Balaban J connectivity index is 2.33. The molecule has 3 nitrogen and oxygen atoms in total. The maximum absolute atomic E-state index is 4.35. The van der Waals surface area contributed by atoms with E-state index in [-0.39, 0.29) is 0 Å². The van der Waals surface area contributed by atoms with Crippen molar-refractivity contribution in [3.05, 3.63) is 53.7 Å². The fourth-order valence-corrected chi connectivity index (χ4v) is 2.90. The standard InChI is InChI=1S/C19H21N3/c1-4-9-15-14(5-2)12-18(17-11-8-7-10-16(15)17)19-13-22(6-3)21-20-19/h4,7-13H,5-6H2,1-3H3/b9-4-. The highest BCUT2D eigenvalue weighted by atomic mass is 15.4. The van der Waals surface area contributed by atoms with Gasteiger partial charge in [0.1, 0.15) is 5.69 Å². The van der Waals surface area contributed by atoms with E-state index in [1.54, 1.807) is 0 Å². The molecule has 3 aromatic rings. The van der Waals surface area contributed by atoms with Crippen LogP contribution in [0.5, 0.6) is 0 Å². The quantitative estimate of drug-likeness (QED) is 0.696. The van der Waals surface area contributed by atoms with Crippen LogP contribution in [0.4, 0.5) is 0 Å². The van der Waals surface area contributed by atoms with Gasteiger partial charge in [-0.15, -0.1) is 5.10 Å². The van der Waals surface area contributed by atoms with Crippen molar-refractivity contribution in [1.29, 1.82) is 0 Å². The summed E-state index contributed by atoms with van der Waals surface area (Å²) in [7, 11) is 0. The minimum absolute atomic E-state index is 0.836. The highest BCUT2D eigenvalue weighted by Crippen LogP contribution is 2.33. The molecule has 0 aliphatic heterocycles. The Morgan fingerprint density at radius 3 is 2.55 bits per heavy atom. The summed E-state index contributed by atoms with van der Waals surface area (Å²) in [6.45, 7) is 7.17. The van der Waals surface area contributed by atoms with E-state index in [4.69, 9.17) is 0 Å². The Morgan fingerprint density at radius 2 is 1.91 bits per heavy atom. The van der Waals surface area contributed by atoms with Crippen molar-refractivity contribution in [3.63, 3.8) is 0 Å². The molecule has 0 N–H and O–H groups in total. The lowest BCUT2D eigenvalue weighted by molar-refractivity contribution is 0.627. The Bertz CT molecular complexity index is 828. The summed E-state index contributed by atoms with van der Waals surface area (Å²) in [5, 5.41) is 11.0. The van der Waals surface area contributed by atoms with Crippen molar-refractivity contribution in [1.82, 2.24) is 15.0 Å². The lowest BCUT2D eigenvalue weighted by Gasteiger charge is -2.12. The first kappa shape index (κ1) is 14.5. The Labute approximate surface area is 131 Å². The van der Waals surface area contributed by atoms with Gasteiger partial charge in [-0.1, -0.05) is 48.6 Å². The van der Waals surface area contributed by atoms with Crippen LogP contribution in [0.25, 0.3) is 28.1 Å². The number of rotatable bonds is 4. The number of benzene rings is 2. The number of nitrogens with zero attached hydrogens (tertiary/aromatic N) is 3. The topological polar surface area (TPSA) is 30.7 Å². The molecule has 22 heavy (non-hydrogen) atoms. The molecule has 0 aliphatic rings. The summed E-state index contributed by atoms with van der Waals surface area (Å²) in [6.07, 6.45) is 7.33. The van der Waals surface area contributed by atoms with Crippen molar-refractivity contribution >= 4 is 16.8 Å². The van der Waals surface area contributed by atoms with Crippen LogP contribution in [0.1, 0.15) is 31.9 Å². The highest BCUT2D eigenvalue weighted by molar-refractivity contribution is 6.01. The van der Waals surface area contributed by atoms with Crippen molar-refractivity contribution in [2.24, 2.45) is 0 Å². The Morgan fingerprint density at radius 1 is 1.14 bits per heavy atom. The fraction of sp³-hybridized carbons (Fsp3) is 0.263. The molecule has 0 amide bonds. The van der Waals surface area contributed by atoms with Gasteiger partial charge in [-0.3, -0.25) is 4.68 Å². The molecule has 2 aromatic carbocycles. The van der Waals surface area contributed by atoms with Crippen LogP contribution in [0, 0.1) is 0 Å². The summed E-state index contributed by atoms with van der Waals surface area (Å²) in [5.74, 6) is 0. The van der Waals surface area contributed by atoms with Crippen LogP contribution in [0.15, 0.2) is 42.6 Å². The van der Waals surface area contributed by atoms with E-state index < -0.39 is 0 Å². The predicted octanol–water partition coefficient (Wildman–Crippen LogP) is 4.71. The molecule has 0 saturated heterocycles. The highest BCUT2D eigenvalue weighted by Gasteiger charge is 2.13. The maximum Gasteiger partial charge on any atom is 0.113 e. The van der Waals surface area contributed by atoms with Crippen molar-refractivity contribution < 1.29 is 0 Å². The first-order chi connectivity index (χ1) is 10.8. The summed E-state index contributed by atoms with van der Waals surface area (Å²) in [5.41, 5.74) is 4.77. The average Bonchev–Trinajstić information content (AvgIpc) is 3.04. The smallest absolute Gasteiger partial charge is 0.113 e. The second-order valence-electron chi connectivity index (χ2n) is 5.36. The van der Waals surface area contributed by atoms with Gasteiger partial charge in [-0.05, 0) is 48.2 Å². The fourth-order valence-electron chi connectivity index (χ4n) is 2.90. The molecule has 0 unspecified atom stereocenters. The molecule has 0 bridgehead atoms. The lowest BCUT2D eigenvalue weighted by atomic mass is 9.92. The molecule has 0 spiro atoms. The van der Waals surface area contributed by atoms with Crippen LogP contribution in [-0.2, 0) is 13.0 Å². The van der Waals surface area contributed by atoms with Gasteiger partial charge in [0, 0.05) is 12.1 Å². The van der Waals surface area contributed by atoms with Gasteiger partial charge >= 0.3 is 0 Å². The zero-order valence-corrected chi connectivity index (χ0v) is 13.4. The third-order valence-corrected chi connectivity index (χ3v) is 4.02. The number of hydrogen-bond acceptors (Lipinski definition) is 2. The first-order valence-corrected chi connectivity index (χ1v) is 7.86. The molecule has 3 heteroatoms. The minimum Gasteiger partial charge on any atom is -0.252 e. The van der Waals surface area contributed by atoms with Gasteiger partial charge in [0.25, 0.3) is 0 Å². The van der Waals surface area contributed by atoms with Gasteiger partial charge in [-0.25, -0.2) is 0 Å². The number of aromatic nitrogens is 3. The maximum atomic E-state index is 4.35. The normalized spacial score (nSPS) is 11.6. The van der Waals surface area contributed by atoms with Gasteiger partial charge in [-0.2, -0.15) is 0 Å². The molecule has 0 aliphatic carbocycles. The van der Waals surface area contributed by atoms with Crippen LogP contribution in [-0.4, -0.2) is 15.0 Å². The number of fused-ring (bicyclic) bond motifs is 1. The van der Waals surface area contributed by atoms with Crippen LogP contribution >= 0.6 is 0 Å².